The highest BCUT2D eigenvalue weighted by molar-refractivity contribution is 4.77. The van der Waals surface area contributed by atoms with Crippen LogP contribution in [0.15, 0.2) is 0 Å². The summed E-state index contributed by atoms with van der Waals surface area (Å²) in [6, 6.07) is 0.648. The van der Waals surface area contributed by atoms with Crippen molar-refractivity contribution in [2.75, 3.05) is 32.8 Å². The summed E-state index contributed by atoms with van der Waals surface area (Å²) in [5.41, 5.74) is 0. The first kappa shape index (κ1) is 9.96. The van der Waals surface area contributed by atoms with Crippen LogP contribution in [0.3, 0.4) is 0 Å². The molecule has 0 spiro atoms. The van der Waals surface area contributed by atoms with Gasteiger partial charge in [-0.3, -0.25) is 4.90 Å². The average Bonchev–Trinajstić information content (AvgIpc) is 2.06. The molecule has 72 valence electrons. The standard InChI is InChI=1S/C9H20N2O/c1-2-10-9-4-3-5-11(8-9)6-7-12/h9-10,12H,2-8H2,1H3. The lowest BCUT2D eigenvalue weighted by molar-refractivity contribution is 0.152. The van der Waals surface area contributed by atoms with E-state index >= 15 is 0 Å². The van der Waals surface area contributed by atoms with Crippen LogP contribution in [-0.4, -0.2) is 48.8 Å². The number of piperidine rings is 1. The summed E-state index contributed by atoms with van der Waals surface area (Å²) in [4.78, 5) is 2.33. The summed E-state index contributed by atoms with van der Waals surface area (Å²) in [5.74, 6) is 0. The molecule has 1 aliphatic rings. The van der Waals surface area contributed by atoms with Gasteiger partial charge in [0.1, 0.15) is 0 Å². The molecule has 1 atom stereocenters. The molecular formula is C9H20N2O. The van der Waals surface area contributed by atoms with Crippen LogP contribution in [0, 0.1) is 0 Å². The van der Waals surface area contributed by atoms with Gasteiger partial charge in [-0.1, -0.05) is 6.92 Å². The van der Waals surface area contributed by atoms with Crippen LogP contribution in [0.5, 0.6) is 0 Å². The molecule has 1 saturated heterocycles. The van der Waals surface area contributed by atoms with E-state index < -0.39 is 0 Å². The van der Waals surface area contributed by atoms with Crippen molar-refractivity contribution in [1.29, 1.82) is 0 Å². The molecule has 1 unspecified atom stereocenters. The topological polar surface area (TPSA) is 35.5 Å². The lowest BCUT2D eigenvalue weighted by Crippen LogP contribution is -2.46. The minimum atomic E-state index is 0.291. The molecule has 0 aromatic rings. The maximum atomic E-state index is 8.77. The van der Waals surface area contributed by atoms with Crippen molar-refractivity contribution in [3.8, 4) is 0 Å². The quantitative estimate of drug-likeness (QED) is 0.629. The van der Waals surface area contributed by atoms with Crippen LogP contribution in [0.1, 0.15) is 19.8 Å². The van der Waals surface area contributed by atoms with Gasteiger partial charge in [0, 0.05) is 19.1 Å². The lowest BCUT2D eigenvalue weighted by atomic mass is 10.1. The highest BCUT2D eigenvalue weighted by Gasteiger charge is 2.17. The van der Waals surface area contributed by atoms with E-state index in [4.69, 9.17) is 5.11 Å². The predicted molar refractivity (Wildman–Crippen MR) is 50.2 cm³/mol. The second kappa shape index (κ2) is 5.51. The molecule has 0 aromatic heterocycles. The zero-order chi connectivity index (χ0) is 8.81. The van der Waals surface area contributed by atoms with Gasteiger partial charge in [-0.2, -0.15) is 0 Å². The molecule has 1 rings (SSSR count). The summed E-state index contributed by atoms with van der Waals surface area (Å²) >= 11 is 0. The van der Waals surface area contributed by atoms with E-state index in [1.165, 1.54) is 12.8 Å². The van der Waals surface area contributed by atoms with E-state index in [9.17, 15) is 0 Å². The van der Waals surface area contributed by atoms with E-state index in [-0.39, 0.29) is 0 Å². The van der Waals surface area contributed by atoms with Gasteiger partial charge in [0.05, 0.1) is 6.61 Å². The van der Waals surface area contributed by atoms with Crippen LogP contribution < -0.4 is 5.32 Å². The van der Waals surface area contributed by atoms with Crippen LogP contribution in [0.25, 0.3) is 0 Å². The van der Waals surface area contributed by atoms with Gasteiger partial charge >= 0.3 is 0 Å². The molecule has 12 heavy (non-hydrogen) atoms. The maximum absolute atomic E-state index is 8.77. The number of β-amino-alcohol motifs (C(OH)–C–C–N with tert-alkyl or cyclic N) is 1. The minimum Gasteiger partial charge on any atom is -0.395 e. The Balaban J connectivity index is 2.20. The molecule has 3 nitrogen and oxygen atoms in total. The lowest BCUT2D eigenvalue weighted by Gasteiger charge is -2.32. The number of rotatable bonds is 4. The number of likely N-dealkylation sites (tertiary alicyclic amines) is 1. The minimum absolute atomic E-state index is 0.291. The van der Waals surface area contributed by atoms with E-state index in [2.05, 4.69) is 17.1 Å². The Morgan fingerprint density at radius 3 is 3.08 bits per heavy atom. The third kappa shape index (κ3) is 3.09. The molecular weight excluding hydrogens is 152 g/mol. The predicted octanol–water partition coefficient (Wildman–Crippen LogP) is 0.0526. The molecule has 1 aliphatic heterocycles. The SMILES string of the molecule is CCNC1CCCN(CCO)C1. The maximum Gasteiger partial charge on any atom is 0.0558 e. The van der Waals surface area contributed by atoms with Crippen LogP contribution in [0.4, 0.5) is 0 Å². The van der Waals surface area contributed by atoms with Crippen molar-refractivity contribution >= 4 is 0 Å². The number of hydrogen-bond acceptors (Lipinski definition) is 3. The van der Waals surface area contributed by atoms with Crippen LogP contribution in [-0.2, 0) is 0 Å². The van der Waals surface area contributed by atoms with Gasteiger partial charge in [-0.05, 0) is 25.9 Å². The zero-order valence-electron chi connectivity index (χ0n) is 7.92. The summed E-state index contributed by atoms with van der Waals surface area (Å²) < 4.78 is 0. The fourth-order valence-corrected chi connectivity index (χ4v) is 1.86. The van der Waals surface area contributed by atoms with Crippen molar-refractivity contribution in [2.24, 2.45) is 0 Å². The highest BCUT2D eigenvalue weighted by atomic mass is 16.3. The monoisotopic (exact) mass is 172 g/mol. The second-order valence-corrected chi connectivity index (χ2v) is 3.42. The van der Waals surface area contributed by atoms with E-state index in [0.717, 1.165) is 26.2 Å². The van der Waals surface area contributed by atoms with E-state index in [1.807, 2.05) is 0 Å². The van der Waals surface area contributed by atoms with Crippen molar-refractivity contribution in [1.82, 2.24) is 10.2 Å². The first-order valence-corrected chi connectivity index (χ1v) is 4.93. The fraction of sp³-hybridized carbons (Fsp3) is 1.00. The smallest absolute Gasteiger partial charge is 0.0558 e. The first-order chi connectivity index (χ1) is 5.86. The van der Waals surface area contributed by atoms with Crippen molar-refractivity contribution in [2.45, 2.75) is 25.8 Å². The molecule has 0 aliphatic carbocycles. The number of aliphatic hydroxyl groups excluding tert-OH is 1. The van der Waals surface area contributed by atoms with Crippen molar-refractivity contribution < 1.29 is 5.11 Å². The molecule has 0 amide bonds. The van der Waals surface area contributed by atoms with Crippen molar-refractivity contribution in [3.05, 3.63) is 0 Å². The third-order valence-electron chi connectivity index (χ3n) is 2.41. The normalized spacial score (nSPS) is 26.0. The van der Waals surface area contributed by atoms with Crippen molar-refractivity contribution in [3.63, 3.8) is 0 Å². The average molecular weight is 172 g/mol. The van der Waals surface area contributed by atoms with Gasteiger partial charge in [-0.25, -0.2) is 0 Å². The van der Waals surface area contributed by atoms with Gasteiger partial charge in [0.25, 0.3) is 0 Å². The highest BCUT2D eigenvalue weighted by Crippen LogP contribution is 2.08. The Bertz CT molecular complexity index is 103. The Morgan fingerprint density at radius 1 is 1.58 bits per heavy atom. The number of likely N-dealkylation sites (N-methyl/N-ethyl adjacent to an activating group) is 1. The Morgan fingerprint density at radius 2 is 2.42 bits per heavy atom. The Hall–Kier alpha value is -0.120. The fourth-order valence-electron chi connectivity index (χ4n) is 1.86. The number of nitrogens with zero attached hydrogens (tertiary/aromatic N) is 1. The molecule has 1 fully saturated rings. The number of hydrogen-bond donors (Lipinski definition) is 2. The Kier molecular flexibility index (Phi) is 4.58. The van der Waals surface area contributed by atoms with E-state index in [0.29, 0.717) is 12.6 Å². The van der Waals surface area contributed by atoms with Crippen LogP contribution in [0.2, 0.25) is 0 Å². The molecule has 2 N–H and O–H groups in total. The summed E-state index contributed by atoms with van der Waals surface area (Å²) in [6.07, 6.45) is 2.55. The summed E-state index contributed by atoms with van der Waals surface area (Å²) in [7, 11) is 0. The van der Waals surface area contributed by atoms with Gasteiger partial charge in [0.15, 0.2) is 0 Å². The number of nitrogens with one attached hydrogen (secondary N) is 1. The summed E-state index contributed by atoms with van der Waals surface area (Å²) in [5, 5.41) is 12.2. The zero-order valence-corrected chi connectivity index (χ0v) is 7.92. The molecule has 3 heteroatoms. The number of aliphatic hydroxyl groups is 1. The van der Waals surface area contributed by atoms with Gasteiger partial charge in [-0.15, -0.1) is 0 Å². The summed E-state index contributed by atoms with van der Waals surface area (Å²) in [6.45, 7) is 6.58. The van der Waals surface area contributed by atoms with Crippen LogP contribution >= 0.6 is 0 Å². The van der Waals surface area contributed by atoms with Gasteiger partial charge < -0.3 is 10.4 Å². The molecule has 0 aromatic carbocycles. The second-order valence-electron chi connectivity index (χ2n) is 3.42. The Labute approximate surface area is 74.8 Å². The molecule has 0 bridgehead atoms. The molecule has 1 heterocycles. The van der Waals surface area contributed by atoms with Gasteiger partial charge in [0.2, 0.25) is 0 Å². The largest absolute Gasteiger partial charge is 0.395 e. The molecule has 0 saturated carbocycles. The van der Waals surface area contributed by atoms with E-state index in [1.54, 1.807) is 0 Å². The third-order valence-corrected chi connectivity index (χ3v) is 2.41. The molecule has 0 radical (unpaired) electrons. The first-order valence-electron chi connectivity index (χ1n) is 4.93.